The van der Waals surface area contributed by atoms with Crippen LogP contribution < -0.4 is 0 Å². The average Bonchev–Trinajstić information content (AvgIpc) is 3.02. The number of nitrogens with zero attached hydrogens (tertiary/aromatic N) is 2. The number of ether oxygens (including phenoxy) is 1. The molecule has 0 amide bonds. The fourth-order valence-electron chi connectivity index (χ4n) is 2.46. The first-order chi connectivity index (χ1) is 12.1. The minimum absolute atomic E-state index is 0.278. The van der Waals surface area contributed by atoms with Gasteiger partial charge >= 0.3 is 5.97 Å². The molecule has 3 aromatic rings. The highest BCUT2D eigenvalue weighted by Gasteiger charge is 2.16. The number of carbonyl (C=O) groups excluding carboxylic acids is 1. The van der Waals surface area contributed by atoms with Crippen LogP contribution in [0.15, 0.2) is 54.6 Å². The number of carbonyl (C=O) groups is 1. The molecule has 0 bridgehead atoms. The van der Waals surface area contributed by atoms with Gasteiger partial charge < -0.3 is 4.74 Å². The first-order valence-electron chi connectivity index (χ1n) is 7.82. The first-order valence-corrected chi connectivity index (χ1v) is 8.58. The molecule has 6 heteroatoms. The van der Waals surface area contributed by atoms with Crippen LogP contribution in [-0.4, -0.2) is 22.4 Å². The third-order valence-electron chi connectivity index (χ3n) is 3.65. The van der Waals surface area contributed by atoms with E-state index in [1.165, 1.54) is 0 Å². The second kappa shape index (κ2) is 7.72. The van der Waals surface area contributed by atoms with Gasteiger partial charge in [0.15, 0.2) is 5.69 Å². The highest BCUT2D eigenvalue weighted by atomic mass is 35.5. The number of aromatic nitrogens is 2. The van der Waals surface area contributed by atoms with Gasteiger partial charge in [-0.2, -0.15) is 5.10 Å². The summed E-state index contributed by atoms with van der Waals surface area (Å²) in [5.41, 5.74) is 3.04. The summed E-state index contributed by atoms with van der Waals surface area (Å²) in [6.07, 6.45) is 0. The van der Waals surface area contributed by atoms with Crippen molar-refractivity contribution >= 4 is 29.2 Å². The van der Waals surface area contributed by atoms with E-state index in [4.69, 9.17) is 27.9 Å². The van der Waals surface area contributed by atoms with Crippen molar-refractivity contribution in [1.82, 2.24) is 9.78 Å². The van der Waals surface area contributed by atoms with Crippen LogP contribution in [-0.2, 0) is 11.3 Å². The van der Waals surface area contributed by atoms with Crippen molar-refractivity contribution < 1.29 is 9.53 Å². The van der Waals surface area contributed by atoms with E-state index in [1.54, 1.807) is 29.8 Å². The summed E-state index contributed by atoms with van der Waals surface area (Å²) in [5.74, 6) is -0.437. The number of benzene rings is 2. The maximum atomic E-state index is 12.1. The maximum Gasteiger partial charge on any atom is 0.358 e. The Morgan fingerprint density at radius 2 is 1.64 bits per heavy atom. The fourth-order valence-corrected chi connectivity index (χ4v) is 2.71. The molecule has 1 aromatic heterocycles. The number of hydrogen-bond donors (Lipinski definition) is 0. The van der Waals surface area contributed by atoms with E-state index in [0.717, 1.165) is 16.8 Å². The minimum atomic E-state index is -0.437. The highest BCUT2D eigenvalue weighted by Crippen LogP contribution is 2.24. The second-order valence-electron chi connectivity index (χ2n) is 5.43. The van der Waals surface area contributed by atoms with Crippen molar-refractivity contribution in [2.75, 3.05) is 6.61 Å². The van der Waals surface area contributed by atoms with Gasteiger partial charge in [0.2, 0.25) is 0 Å². The molecule has 2 aromatic carbocycles. The Morgan fingerprint density at radius 3 is 2.24 bits per heavy atom. The smallest absolute Gasteiger partial charge is 0.358 e. The third kappa shape index (κ3) is 4.21. The van der Waals surface area contributed by atoms with Crippen LogP contribution in [0.3, 0.4) is 0 Å². The summed E-state index contributed by atoms with van der Waals surface area (Å²) in [4.78, 5) is 12.1. The summed E-state index contributed by atoms with van der Waals surface area (Å²) >= 11 is 11.9. The molecule has 0 saturated heterocycles. The van der Waals surface area contributed by atoms with Crippen LogP contribution in [0.4, 0.5) is 0 Å². The van der Waals surface area contributed by atoms with Crippen LogP contribution in [0.5, 0.6) is 0 Å². The molecular weight excluding hydrogens is 359 g/mol. The zero-order valence-corrected chi connectivity index (χ0v) is 15.1. The van der Waals surface area contributed by atoms with Crippen LogP contribution in [0, 0.1) is 0 Å². The standard InChI is InChI=1S/C19H16Cl2N2O2/c1-2-25-19(24)17-11-18(14-5-9-16(21)10-6-14)23(22-17)12-13-3-7-15(20)8-4-13/h3-11H,2,12H2,1H3. The Hall–Kier alpha value is -2.30. The first kappa shape index (κ1) is 17.5. The Balaban J connectivity index is 2.00. The van der Waals surface area contributed by atoms with E-state index in [0.29, 0.717) is 23.2 Å². The Labute approximate surface area is 155 Å². The van der Waals surface area contributed by atoms with Gasteiger partial charge in [-0.15, -0.1) is 0 Å². The lowest BCUT2D eigenvalue weighted by Gasteiger charge is -2.08. The zero-order valence-electron chi connectivity index (χ0n) is 13.6. The molecule has 0 atom stereocenters. The summed E-state index contributed by atoms with van der Waals surface area (Å²) in [6.45, 7) is 2.58. The van der Waals surface area contributed by atoms with Gasteiger partial charge in [-0.1, -0.05) is 47.5 Å². The molecule has 0 aliphatic rings. The van der Waals surface area contributed by atoms with Crippen molar-refractivity contribution in [3.8, 4) is 11.3 Å². The molecule has 0 aliphatic carbocycles. The molecule has 128 valence electrons. The van der Waals surface area contributed by atoms with Gasteiger partial charge in [0.1, 0.15) is 0 Å². The molecule has 0 spiro atoms. The van der Waals surface area contributed by atoms with Crippen molar-refractivity contribution in [2.45, 2.75) is 13.5 Å². The van der Waals surface area contributed by atoms with Gasteiger partial charge in [-0.3, -0.25) is 4.68 Å². The van der Waals surface area contributed by atoms with Gasteiger partial charge in [-0.25, -0.2) is 4.79 Å². The Morgan fingerprint density at radius 1 is 1.04 bits per heavy atom. The normalized spacial score (nSPS) is 10.7. The summed E-state index contributed by atoms with van der Waals surface area (Å²) in [7, 11) is 0. The topological polar surface area (TPSA) is 44.1 Å². The predicted octanol–water partition coefficient (Wildman–Crippen LogP) is 5.08. The van der Waals surface area contributed by atoms with E-state index in [1.807, 2.05) is 36.4 Å². The number of rotatable bonds is 5. The molecule has 25 heavy (non-hydrogen) atoms. The summed E-state index contributed by atoms with van der Waals surface area (Å²) < 4.78 is 6.84. The Kier molecular flexibility index (Phi) is 5.41. The van der Waals surface area contributed by atoms with E-state index in [2.05, 4.69) is 5.10 Å². The largest absolute Gasteiger partial charge is 0.461 e. The summed E-state index contributed by atoms with van der Waals surface area (Å²) in [6, 6.07) is 16.7. The van der Waals surface area contributed by atoms with Crippen LogP contribution in [0.1, 0.15) is 23.0 Å². The highest BCUT2D eigenvalue weighted by molar-refractivity contribution is 6.30. The van der Waals surface area contributed by atoms with Crippen LogP contribution >= 0.6 is 23.2 Å². The SMILES string of the molecule is CCOC(=O)c1cc(-c2ccc(Cl)cc2)n(Cc2ccc(Cl)cc2)n1. The fraction of sp³-hybridized carbons (Fsp3) is 0.158. The lowest BCUT2D eigenvalue weighted by atomic mass is 10.1. The van der Waals surface area contributed by atoms with Gasteiger partial charge in [-0.05, 0) is 48.4 Å². The molecule has 3 rings (SSSR count). The zero-order chi connectivity index (χ0) is 17.8. The lowest BCUT2D eigenvalue weighted by Crippen LogP contribution is -2.08. The average molecular weight is 375 g/mol. The molecule has 0 radical (unpaired) electrons. The molecular formula is C19H16Cl2N2O2. The van der Waals surface area contributed by atoms with E-state index in [9.17, 15) is 4.79 Å². The maximum absolute atomic E-state index is 12.1. The number of hydrogen-bond acceptors (Lipinski definition) is 3. The van der Waals surface area contributed by atoms with Crippen molar-refractivity contribution in [3.63, 3.8) is 0 Å². The van der Waals surface area contributed by atoms with Gasteiger partial charge in [0.05, 0.1) is 18.8 Å². The third-order valence-corrected chi connectivity index (χ3v) is 4.15. The van der Waals surface area contributed by atoms with Crippen molar-refractivity contribution in [1.29, 1.82) is 0 Å². The summed E-state index contributed by atoms with van der Waals surface area (Å²) in [5, 5.41) is 5.75. The Bertz CT molecular complexity index is 871. The molecule has 0 fully saturated rings. The second-order valence-corrected chi connectivity index (χ2v) is 6.30. The predicted molar refractivity (Wildman–Crippen MR) is 99.2 cm³/mol. The molecule has 0 unspecified atom stereocenters. The van der Waals surface area contributed by atoms with Crippen molar-refractivity contribution in [2.24, 2.45) is 0 Å². The quantitative estimate of drug-likeness (QED) is 0.584. The van der Waals surface area contributed by atoms with Crippen molar-refractivity contribution in [3.05, 3.63) is 75.9 Å². The van der Waals surface area contributed by atoms with Gasteiger partial charge in [0.25, 0.3) is 0 Å². The molecule has 0 saturated carbocycles. The molecule has 0 aliphatic heterocycles. The van der Waals surface area contributed by atoms with Crippen LogP contribution in [0.25, 0.3) is 11.3 Å². The monoisotopic (exact) mass is 374 g/mol. The molecule has 1 heterocycles. The minimum Gasteiger partial charge on any atom is -0.461 e. The van der Waals surface area contributed by atoms with E-state index < -0.39 is 5.97 Å². The van der Waals surface area contributed by atoms with E-state index in [-0.39, 0.29) is 5.69 Å². The van der Waals surface area contributed by atoms with Crippen LogP contribution in [0.2, 0.25) is 10.0 Å². The van der Waals surface area contributed by atoms with Gasteiger partial charge in [0, 0.05) is 10.0 Å². The lowest BCUT2D eigenvalue weighted by molar-refractivity contribution is 0.0518. The molecule has 4 nitrogen and oxygen atoms in total. The molecule has 0 N–H and O–H groups in total. The van der Waals surface area contributed by atoms with E-state index >= 15 is 0 Å². The number of esters is 1. The number of halogens is 2.